The summed E-state index contributed by atoms with van der Waals surface area (Å²) in [5.41, 5.74) is 6.12. The number of ether oxygens (including phenoxy) is 1. The quantitative estimate of drug-likeness (QED) is 0.621. The molecule has 2 rings (SSSR count). The number of carbonyl (C=O) groups excluding carboxylic acids is 2. The van der Waals surface area contributed by atoms with Crippen molar-refractivity contribution in [1.82, 2.24) is 5.32 Å². The Morgan fingerprint density at radius 3 is 2.68 bits per heavy atom. The molecular weight excluding hydrogens is 248 g/mol. The van der Waals surface area contributed by atoms with Gasteiger partial charge in [0, 0.05) is 24.5 Å². The number of amides is 3. The van der Waals surface area contributed by atoms with Crippen molar-refractivity contribution < 1.29 is 14.3 Å². The van der Waals surface area contributed by atoms with Crippen LogP contribution in [0.25, 0.3) is 0 Å². The molecule has 1 aromatic carbocycles. The van der Waals surface area contributed by atoms with E-state index in [-0.39, 0.29) is 5.91 Å². The zero-order valence-electron chi connectivity index (χ0n) is 10.3. The monoisotopic (exact) mass is 264 g/mol. The molecule has 0 radical (unpaired) electrons. The Kier molecular flexibility index (Phi) is 4.32. The molecule has 1 atom stereocenters. The third-order valence-corrected chi connectivity index (χ3v) is 2.62. The number of anilines is 2. The van der Waals surface area contributed by atoms with Crippen LogP contribution in [0.3, 0.4) is 0 Å². The second-order valence-electron chi connectivity index (χ2n) is 4.12. The highest BCUT2D eigenvalue weighted by molar-refractivity contribution is 5.95. The molecule has 19 heavy (non-hydrogen) atoms. The van der Waals surface area contributed by atoms with Crippen molar-refractivity contribution in [2.24, 2.45) is 5.73 Å². The van der Waals surface area contributed by atoms with Gasteiger partial charge in [0.1, 0.15) is 6.10 Å². The summed E-state index contributed by atoms with van der Waals surface area (Å²) in [6.45, 7) is 1.76. The van der Waals surface area contributed by atoms with Gasteiger partial charge >= 0.3 is 6.03 Å². The first-order valence-electron chi connectivity index (χ1n) is 5.95. The highest BCUT2D eigenvalue weighted by Crippen LogP contribution is 2.15. The molecule has 3 amide bonds. The van der Waals surface area contributed by atoms with Gasteiger partial charge in [0.05, 0.1) is 6.61 Å². The minimum atomic E-state index is -0.650. The average molecular weight is 264 g/mol. The number of hydrogen-bond acceptors (Lipinski definition) is 4. The third kappa shape index (κ3) is 3.94. The minimum absolute atomic E-state index is 0.219. The fourth-order valence-electron chi connectivity index (χ4n) is 1.77. The van der Waals surface area contributed by atoms with Crippen molar-refractivity contribution in [2.75, 3.05) is 30.3 Å². The Hall–Kier alpha value is -2.12. The van der Waals surface area contributed by atoms with Crippen LogP contribution >= 0.6 is 0 Å². The van der Waals surface area contributed by atoms with E-state index in [4.69, 9.17) is 10.5 Å². The topological polar surface area (TPSA) is 105 Å². The number of rotatable bonds is 3. The van der Waals surface area contributed by atoms with Gasteiger partial charge < -0.3 is 26.4 Å². The summed E-state index contributed by atoms with van der Waals surface area (Å²) in [4.78, 5) is 22.7. The molecule has 1 saturated heterocycles. The van der Waals surface area contributed by atoms with Crippen molar-refractivity contribution in [3.63, 3.8) is 0 Å². The third-order valence-electron chi connectivity index (χ3n) is 2.62. The zero-order valence-corrected chi connectivity index (χ0v) is 10.3. The molecule has 0 saturated carbocycles. The number of primary amides is 1. The number of benzene rings is 1. The molecule has 7 heteroatoms. The molecular formula is C12H16N4O3. The number of nitrogens with one attached hydrogen (secondary N) is 3. The SMILES string of the molecule is NC(=O)Nc1cccc(NC(=O)C2CNCCO2)c1. The van der Waals surface area contributed by atoms with Crippen LogP contribution in [0.2, 0.25) is 0 Å². The molecule has 0 bridgehead atoms. The van der Waals surface area contributed by atoms with Crippen molar-refractivity contribution >= 4 is 23.3 Å². The van der Waals surface area contributed by atoms with Crippen LogP contribution in [-0.4, -0.2) is 37.7 Å². The van der Waals surface area contributed by atoms with Gasteiger partial charge in [-0.25, -0.2) is 4.79 Å². The maximum absolute atomic E-state index is 11.9. The molecule has 1 aliphatic rings. The van der Waals surface area contributed by atoms with E-state index < -0.39 is 12.1 Å². The summed E-state index contributed by atoms with van der Waals surface area (Å²) in [6, 6.07) is 6.09. The minimum Gasteiger partial charge on any atom is -0.366 e. The number of hydrogen-bond donors (Lipinski definition) is 4. The normalized spacial score (nSPS) is 18.6. The van der Waals surface area contributed by atoms with E-state index in [1.54, 1.807) is 24.3 Å². The molecule has 0 aromatic heterocycles. The van der Waals surface area contributed by atoms with Gasteiger partial charge in [-0.2, -0.15) is 0 Å². The van der Waals surface area contributed by atoms with E-state index in [1.165, 1.54) is 0 Å². The van der Waals surface area contributed by atoms with Gasteiger partial charge in [-0.1, -0.05) is 6.07 Å². The van der Waals surface area contributed by atoms with Crippen molar-refractivity contribution in [3.05, 3.63) is 24.3 Å². The van der Waals surface area contributed by atoms with E-state index in [0.29, 0.717) is 24.5 Å². The molecule has 5 N–H and O–H groups in total. The van der Waals surface area contributed by atoms with Crippen LogP contribution in [0.1, 0.15) is 0 Å². The summed E-state index contributed by atoms with van der Waals surface area (Å²) in [7, 11) is 0. The summed E-state index contributed by atoms with van der Waals surface area (Å²) >= 11 is 0. The standard InChI is InChI=1S/C12H16N4O3/c13-12(18)16-9-3-1-2-8(6-9)15-11(17)10-7-14-4-5-19-10/h1-3,6,10,14H,4-5,7H2,(H,15,17)(H3,13,16,18). The van der Waals surface area contributed by atoms with Crippen LogP contribution in [0.15, 0.2) is 24.3 Å². The van der Waals surface area contributed by atoms with Gasteiger partial charge in [0.25, 0.3) is 5.91 Å². The summed E-state index contributed by atoms with van der Waals surface area (Å²) in [5.74, 6) is -0.219. The largest absolute Gasteiger partial charge is 0.366 e. The zero-order chi connectivity index (χ0) is 13.7. The smallest absolute Gasteiger partial charge is 0.316 e. The van der Waals surface area contributed by atoms with E-state index in [0.717, 1.165) is 6.54 Å². The second-order valence-corrected chi connectivity index (χ2v) is 4.12. The summed E-state index contributed by atoms with van der Waals surface area (Å²) < 4.78 is 5.34. The first-order chi connectivity index (χ1) is 9.15. The first kappa shape index (κ1) is 13.3. The lowest BCUT2D eigenvalue weighted by molar-refractivity contribution is -0.128. The van der Waals surface area contributed by atoms with Gasteiger partial charge in [-0.3, -0.25) is 4.79 Å². The maximum Gasteiger partial charge on any atom is 0.316 e. The summed E-state index contributed by atoms with van der Waals surface area (Å²) in [5, 5.41) is 8.25. The number of morpholine rings is 1. The number of carbonyl (C=O) groups is 2. The Balaban J connectivity index is 1.97. The predicted molar refractivity (Wildman–Crippen MR) is 70.9 cm³/mol. The van der Waals surface area contributed by atoms with Gasteiger partial charge in [0.15, 0.2) is 0 Å². The van der Waals surface area contributed by atoms with E-state index >= 15 is 0 Å². The van der Waals surface area contributed by atoms with Crippen molar-refractivity contribution in [2.45, 2.75) is 6.10 Å². The van der Waals surface area contributed by atoms with Gasteiger partial charge in [-0.05, 0) is 18.2 Å². The molecule has 1 unspecified atom stereocenters. The lowest BCUT2D eigenvalue weighted by atomic mass is 10.2. The van der Waals surface area contributed by atoms with E-state index in [1.807, 2.05) is 0 Å². The van der Waals surface area contributed by atoms with Crippen LogP contribution < -0.4 is 21.7 Å². The molecule has 1 fully saturated rings. The predicted octanol–water partition coefficient (Wildman–Crippen LogP) is 0.104. The highest BCUT2D eigenvalue weighted by atomic mass is 16.5. The Bertz CT molecular complexity index is 472. The van der Waals surface area contributed by atoms with Crippen LogP contribution in [0.5, 0.6) is 0 Å². The van der Waals surface area contributed by atoms with Crippen LogP contribution in [0.4, 0.5) is 16.2 Å². The molecule has 102 valence electrons. The Labute approximate surface area is 110 Å². The molecule has 0 aliphatic carbocycles. The summed E-state index contributed by atoms with van der Waals surface area (Å²) in [6.07, 6.45) is -0.499. The van der Waals surface area contributed by atoms with Crippen LogP contribution in [0, 0.1) is 0 Å². The maximum atomic E-state index is 11.9. The lowest BCUT2D eigenvalue weighted by Crippen LogP contribution is -2.45. The first-order valence-corrected chi connectivity index (χ1v) is 5.95. The van der Waals surface area contributed by atoms with E-state index in [2.05, 4.69) is 16.0 Å². The second kappa shape index (κ2) is 6.17. The van der Waals surface area contributed by atoms with Gasteiger partial charge in [0.2, 0.25) is 0 Å². The highest BCUT2D eigenvalue weighted by Gasteiger charge is 2.21. The van der Waals surface area contributed by atoms with Crippen LogP contribution in [-0.2, 0) is 9.53 Å². The van der Waals surface area contributed by atoms with E-state index in [9.17, 15) is 9.59 Å². The Morgan fingerprint density at radius 2 is 2.05 bits per heavy atom. The fraction of sp³-hybridized carbons (Fsp3) is 0.333. The fourth-order valence-corrected chi connectivity index (χ4v) is 1.77. The molecule has 1 aliphatic heterocycles. The Morgan fingerprint density at radius 1 is 1.32 bits per heavy atom. The van der Waals surface area contributed by atoms with Gasteiger partial charge in [-0.15, -0.1) is 0 Å². The molecule has 1 aromatic rings. The molecule has 7 nitrogen and oxygen atoms in total. The average Bonchev–Trinajstić information content (AvgIpc) is 2.39. The van der Waals surface area contributed by atoms with Crippen molar-refractivity contribution in [3.8, 4) is 0 Å². The number of nitrogens with two attached hydrogens (primary N) is 1. The number of urea groups is 1. The molecule has 0 spiro atoms. The molecule has 1 heterocycles. The lowest BCUT2D eigenvalue weighted by Gasteiger charge is -2.22. The van der Waals surface area contributed by atoms with Crippen molar-refractivity contribution in [1.29, 1.82) is 0 Å².